The zero-order valence-electron chi connectivity index (χ0n) is 26.1. The number of anilines is 3. The number of furan rings is 1. The summed E-state index contributed by atoms with van der Waals surface area (Å²) in [6.45, 7) is 0. The van der Waals surface area contributed by atoms with E-state index in [-0.39, 0.29) is 0 Å². The van der Waals surface area contributed by atoms with Gasteiger partial charge >= 0.3 is 0 Å². The lowest BCUT2D eigenvalue weighted by Crippen LogP contribution is -2.10. The molecular formula is C46H29NO. The molecule has 0 N–H and O–H groups in total. The Hall–Kier alpha value is -6.38. The molecule has 0 bridgehead atoms. The van der Waals surface area contributed by atoms with Crippen molar-refractivity contribution < 1.29 is 4.42 Å². The predicted octanol–water partition coefficient (Wildman–Crippen LogP) is 13.3. The van der Waals surface area contributed by atoms with Crippen molar-refractivity contribution >= 4 is 82.1 Å². The molecule has 0 aliphatic heterocycles. The highest BCUT2D eigenvalue weighted by molar-refractivity contribution is 6.20. The van der Waals surface area contributed by atoms with Crippen LogP contribution in [0.1, 0.15) is 0 Å². The van der Waals surface area contributed by atoms with Crippen molar-refractivity contribution in [3.63, 3.8) is 0 Å². The number of nitrogens with zero attached hydrogens (tertiary/aromatic N) is 1. The molecule has 1 heterocycles. The van der Waals surface area contributed by atoms with Gasteiger partial charge in [0.2, 0.25) is 0 Å². The fourth-order valence-corrected chi connectivity index (χ4v) is 7.46. The monoisotopic (exact) mass is 611 g/mol. The van der Waals surface area contributed by atoms with Gasteiger partial charge in [-0.1, -0.05) is 127 Å². The molecule has 10 aromatic rings. The first-order chi connectivity index (χ1) is 23.8. The highest BCUT2D eigenvalue weighted by Gasteiger charge is 2.21. The van der Waals surface area contributed by atoms with E-state index in [0.29, 0.717) is 0 Å². The fourth-order valence-electron chi connectivity index (χ4n) is 7.46. The molecule has 9 aromatic carbocycles. The molecule has 0 radical (unpaired) electrons. The third kappa shape index (κ3) is 4.20. The second-order valence-corrected chi connectivity index (χ2v) is 12.6. The van der Waals surface area contributed by atoms with Crippen molar-refractivity contribution in [2.75, 3.05) is 4.90 Å². The molecule has 0 fully saturated rings. The minimum Gasteiger partial charge on any atom is -0.455 e. The summed E-state index contributed by atoms with van der Waals surface area (Å²) in [5.41, 5.74) is 7.39. The van der Waals surface area contributed by atoms with Crippen molar-refractivity contribution in [3.8, 4) is 11.1 Å². The van der Waals surface area contributed by atoms with Crippen LogP contribution in [0.2, 0.25) is 0 Å². The molecule has 0 saturated carbocycles. The molecule has 2 nitrogen and oxygen atoms in total. The lowest BCUT2D eigenvalue weighted by atomic mass is 9.99. The average molecular weight is 612 g/mol. The quantitative estimate of drug-likeness (QED) is 0.184. The van der Waals surface area contributed by atoms with Crippen molar-refractivity contribution in [1.29, 1.82) is 0 Å². The van der Waals surface area contributed by atoms with E-state index in [1.165, 1.54) is 37.9 Å². The first-order valence-electron chi connectivity index (χ1n) is 16.4. The van der Waals surface area contributed by atoms with Crippen LogP contribution < -0.4 is 4.90 Å². The van der Waals surface area contributed by atoms with Crippen LogP contribution in [0.3, 0.4) is 0 Å². The van der Waals surface area contributed by atoms with Crippen LogP contribution in [0.25, 0.3) is 76.2 Å². The molecule has 0 atom stereocenters. The molecule has 1 aromatic heterocycles. The second-order valence-electron chi connectivity index (χ2n) is 12.6. The van der Waals surface area contributed by atoms with Crippen LogP contribution in [0, 0.1) is 0 Å². The molecule has 0 amide bonds. The van der Waals surface area contributed by atoms with E-state index in [1.54, 1.807) is 0 Å². The zero-order valence-corrected chi connectivity index (χ0v) is 26.1. The minimum atomic E-state index is 0.892. The maximum absolute atomic E-state index is 6.85. The maximum Gasteiger partial charge on any atom is 0.145 e. The molecule has 10 rings (SSSR count). The van der Waals surface area contributed by atoms with E-state index in [0.717, 1.165) is 55.3 Å². The van der Waals surface area contributed by atoms with E-state index < -0.39 is 0 Å². The summed E-state index contributed by atoms with van der Waals surface area (Å²) in [6, 6.07) is 63.3. The van der Waals surface area contributed by atoms with Crippen molar-refractivity contribution in [2.24, 2.45) is 0 Å². The summed E-state index contributed by atoms with van der Waals surface area (Å²) in [4.78, 5) is 2.39. The smallest absolute Gasteiger partial charge is 0.145 e. The molecule has 0 unspecified atom stereocenters. The molecule has 0 aliphatic carbocycles. The van der Waals surface area contributed by atoms with E-state index in [9.17, 15) is 0 Å². The van der Waals surface area contributed by atoms with Gasteiger partial charge in [-0.3, -0.25) is 0 Å². The Labute approximate surface area is 277 Å². The Bertz CT molecular complexity index is 2850. The molecule has 0 saturated heterocycles. The fraction of sp³-hybridized carbons (Fsp3) is 0. The number of hydrogen-bond acceptors (Lipinski definition) is 2. The second kappa shape index (κ2) is 10.6. The number of rotatable bonds is 4. The summed E-state index contributed by atoms with van der Waals surface area (Å²) >= 11 is 0. The number of hydrogen-bond donors (Lipinski definition) is 0. The van der Waals surface area contributed by atoms with Gasteiger partial charge in [0.15, 0.2) is 0 Å². The molecule has 48 heavy (non-hydrogen) atoms. The van der Waals surface area contributed by atoms with Crippen LogP contribution in [0.4, 0.5) is 17.1 Å². The van der Waals surface area contributed by atoms with Crippen LogP contribution >= 0.6 is 0 Å². The van der Waals surface area contributed by atoms with Crippen LogP contribution in [0.15, 0.2) is 180 Å². The predicted molar refractivity (Wildman–Crippen MR) is 204 cm³/mol. The summed E-state index contributed by atoms with van der Waals surface area (Å²) in [7, 11) is 0. The lowest BCUT2D eigenvalue weighted by Gasteiger charge is -2.27. The third-order valence-corrected chi connectivity index (χ3v) is 9.79. The SMILES string of the molecule is c1ccc(-c2ccc3c(c2)oc2c3ccc3cccc(N(c4ccc5ccccc5c4)c4ccc5c(ccc6ccccc65)c4)c32)cc1. The van der Waals surface area contributed by atoms with Crippen molar-refractivity contribution in [1.82, 2.24) is 0 Å². The Morgan fingerprint density at radius 1 is 0.354 bits per heavy atom. The minimum absolute atomic E-state index is 0.892. The summed E-state index contributed by atoms with van der Waals surface area (Å²) in [5.74, 6) is 0. The van der Waals surface area contributed by atoms with Gasteiger partial charge in [-0.2, -0.15) is 0 Å². The van der Waals surface area contributed by atoms with Gasteiger partial charge < -0.3 is 9.32 Å². The molecule has 2 heteroatoms. The van der Waals surface area contributed by atoms with Gasteiger partial charge in [-0.25, -0.2) is 0 Å². The van der Waals surface area contributed by atoms with Crippen molar-refractivity contribution in [2.45, 2.75) is 0 Å². The summed E-state index contributed by atoms with van der Waals surface area (Å²) < 4.78 is 6.85. The highest BCUT2D eigenvalue weighted by atomic mass is 16.3. The Morgan fingerprint density at radius 2 is 0.979 bits per heavy atom. The van der Waals surface area contributed by atoms with Gasteiger partial charge in [-0.15, -0.1) is 0 Å². The molecular weight excluding hydrogens is 583 g/mol. The Balaban J connectivity index is 1.25. The third-order valence-electron chi connectivity index (χ3n) is 9.79. The maximum atomic E-state index is 6.85. The van der Waals surface area contributed by atoms with Crippen LogP contribution in [0.5, 0.6) is 0 Å². The lowest BCUT2D eigenvalue weighted by molar-refractivity contribution is 0.673. The van der Waals surface area contributed by atoms with Gasteiger partial charge in [0.25, 0.3) is 0 Å². The number of benzene rings is 9. The topological polar surface area (TPSA) is 16.4 Å². The Morgan fingerprint density at radius 3 is 1.88 bits per heavy atom. The van der Waals surface area contributed by atoms with E-state index in [4.69, 9.17) is 4.42 Å². The van der Waals surface area contributed by atoms with Crippen LogP contribution in [-0.4, -0.2) is 0 Å². The van der Waals surface area contributed by atoms with Gasteiger partial charge in [0, 0.05) is 27.5 Å². The highest BCUT2D eigenvalue weighted by Crippen LogP contribution is 2.45. The standard InChI is InChI=1S/C46H29NO/c1-2-9-30(10-3-1)35-21-24-41-42-25-20-33-14-8-16-43(45(33)46(42)48-44(41)29-35)47(37-22-19-31-11-4-5-13-34(31)27-37)38-23-26-40-36(28-38)18-17-32-12-6-7-15-39(32)40/h1-29H. The van der Waals surface area contributed by atoms with E-state index in [2.05, 4.69) is 181 Å². The van der Waals surface area contributed by atoms with Gasteiger partial charge in [0.1, 0.15) is 11.2 Å². The molecule has 0 aliphatic rings. The average Bonchev–Trinajstić information content (AvgIpc) is 3.53. The number of fused-ring (bicyclic) bond motifs is 9. The van der Waals surface area contributed by atoms with Crippen molar-refractivity contribution in [3.05, 3.63) is 176 Å². The largest absolute Gasteiger partial charge is 0.455 e. The Kier molecular flexibility index (Phi) is 5.91. The first kappa shape index (κ1) is 26.8. The van der Waals surface area contributed by atoms with E-state index >= 15 is 0 Å². The van der Waals surface area contributed by atoms with E-state index in [1.807, 2.05) is 0 Å². The van der Waals surface area contributed by atoms with Crippen LogP contribution in [-0.2, 0) is 0 Å². The zero-order chi connectivity index (χ0) is 31.6. The first-order valence-corrected chi connectivity index (χ1v) is 16.4. The normalized spacial score (nSPS) is 11.8. The van der Waals surface area contributed by atoms with Gasteiger partial charge in [0.05, 0.1) is 5.69 Å². The molecule has 0 spiro atoms. The molecule has 224 valence electrons. The van der Waals surface area contributed by atoms with Gasteiger partial charge in [-0.05, 0) is 97.4 Å². The summed E-state index contributed by atoms with van der Waals surface area (Å²) in [5, 5.41) is 11.9. The summed E-state index contributed by atoms with van der Waals surface area (Å²) in [6.07, 6.45) is 0.